The van der Waals surface area contributed by atoms with Crippen LogP contribution < -0.4 is 0 Å². The number of aryl methyl sites for hydroxylation is 1. The summed E-state index contributed by atoms with van der Waals surface area (Å²) in [5.74, 6) is -2.16. The molecular formula is C23H25F3O. The van der Waals surface area contributed by atoms with Gasteiger partial charge in [-0.05, 0) is 73.3 Å². The molecule has 0 spiro atoms. The van der Waals surface area contributed by atoms with Gasteiger partial charge in [0.1, 0.15) is 5.82 Å². The summed E-state index contributed by atoms with van der Waals surface area (Å²) in [6, 6.07) is 5.24. The Balaban J connectivity index is 1.56. The Labute approximate surface area is 158 Å². The van der Waals surface area contributed by atoms with E-state index in [1.807, 2.05) is 0 Å². The predicted octanol–water partition coefficient (Wildman–Crippen LogP) is 6.90. The maximum Gasteiger partial charge on any atom is 0.167 e. The zero-order chi connectivity index (χ0) is 19.1. The Morgan fingerprint density at radius 2 is 1.63 bits per heavy atom. The molecular weight excluding hydrogens is 349 g/mol. The van der Waals surface area contributed by atoms with Crippen LogP contribution in [0.4, 0.5) is 13.2 Å². The zero-order valence-corrected chi connectivity index (χ0v) is 15.9. The number of ether oxygens (including phenoxy) is 1. The fraction of sp³-hybridized carbons (Fsp3) is 0.478. The molecule has 1 nitrogen and oxygen atoms in total. The molecule has 0 amide bonds. The number of hydrogen-bond acceptors (Lipinski definition) is 1. The molecule has 4 heteroatoms. The fourth-order valence-electron chi connectivity index (χ4n) is 4.42. The highest BCUT2D eigenvalue weighted by atomic mass is 19.2. The van der Waals surface area contributed by atoms with Gasteiger partial charge in [-0.2, -0.15) is 0 Å². The van der Waals surface area contributed by atoms with E-state index in [-0.39, 0.29) is 23.1 Å². The molecule has 0 unspecified atom stereocenters. The maximum absolute atomic E-state index is 14.8. The van der Waals surface area contributed by atoms with Crippen LogP contribution in [0.3, 0.4) is 0 Å². The number of benzene rings is 2. The third-order valence-corrected chi connectivity index (χ3v) is 6.08. The number of halogens is 3. The van der Waals surface area contributed by atoms with Crippen LogP contribution in [0.25, 0.3) is 22.3 Å². The van der Waals surface area contributed by atoms with Crippen molar-refractivity contribution in [2.45, 2.75) is 64.4 Å². The van der Waals surface area contributed by atoms with Gasteiger partial charge in [0.2, 0.25) is 0 Å². The van der Waals surface area contributed by atoms with Gasteiger partial charge >= 0.3 is 0 Å². The lowest BCUT2D eigenvalue weighted by atomic mass is 9.75. The molecule has 0 aliphatic heterocycles. The van der Waals surface area contributed by atoms with E-state index in [0.29, 0.717) is 22.3 Å². The molecule has 144 valence electrons. The molecule has 0 saturated heterocycles. The van der Waals surface area contributed by atoms with Crippen molar-refractivity contribution >= 4 is 0 Å². The second-order valence-electron chi connectivity index (χ2n) is 7.83. The van der Waals surface area contributed by atoms with Crippen molar-refractivity contribution in [1.29, 1.82) is 0 Å². The lowest BCUT2D eigenvalue weighted by Gasteiger charge is -2.32. The fourth-order valence-corrected chi connectivity index (χ4v) is 4.42. The number of rotatable bonds is 5. The van der Waals surface area contributed by atoms with Crippen LogP contribution in [0.15, 0.2) is 18.2 Å². The van der Waals surface area contributed by atoms with Crippen LogP contribution >= 0.6 is 0 Å². The molecule has 0 N–H and O–H groups in total. The van der Waals surface area contributed by atoms with Crippen molar-refractivity contribution in [2.75, 3.05) is 6.61 Å². The predicted molar refractivity (Wildman–Crippen MR) is 101 cm³/mol. The van der Waals surface area contributed by atoms with Gasteiger partial charge in [0, 0.05) is 17.7 Å². The van der Waals surface area contributed by atoms with Crippen LogP contribution in [0.2, 0.25) is 0 Å². The summed E-state index contributed by atoms with van der Waals surface area (Å²) in [5.41, 5.74) is 2.53. The Morgan fingerprint density at radius 3 is 2.33 bits per heavy atom. The normalized spacial score (nSPS) is 20.8. The lowest BCUT2D eigenvalue weighted by molar-refractivity contribution is 0.0230. The average molecular weight is 374 g/mol. The standard InChI is InChI=1S/C23H25F3O/c1-3-4-11-27-15-8-6-14(7-9-15)17-12-18-16-10-5-13(2)21(24)19(16)20(18)23(26)22(17)25/h5,10,12,14-15H,3-4,6-9,11H2,1-2H3. The molecule has 2 aliphatic rings. The molecule has 2 aliphatic carbocycles. The van der Waals surface area contributed by atoms with Gasteiger partial charge in [-0.3, -0.25) is 0 Å². The first-order valence-electron chi connectivity index (χ1n) is 9.96. The maximum atomic E-state index is 14.8. The highest BCUT2D eigenvalue weighted by molar-refractivity contribution is 6.03. The smallest absolute Gasteiger partial charge is 0.167 e. The minimum Gasteiger partial charge on any atom is -0.378 e. The van der Waals surface area contributed by atoms with Crippen molar-refractivity contribution in [3.63, 3.8) is 0 Å². The van der Waals surface area contributed by atoms with Gasteiger partial charge in [-0.1, -0.05) is 25.5 Å². The second kappa shape index (κ2) is 7.31. The zero-order valence-electron chi connectivity index (χ0n) is 15.9. The third kappa shape index (κ3) is 3.08. The first kappa shape index (κ1) is 18.5. The quantitative estimate of drug-likeness (QED) is 0.441. The minimum atomic E-state index is -0.902. The van der Waals surface area contributed by atoms with Gasteiger partial charge in [-0.15, -0.1) is 0 Å². The van der Waals surface area contributed by atoms with E-state index < -0.39 is 17.5 Å². The van der Waals surface area contributed by atoms with Gasteiger partial charge < -0.3 is 4.74 Å². The molecule has 27 heavy (non-hydrogen) atoms. The first-order valence-corrected chi connectivity index (χ1v) is 9.96. The van der Waals surface area contributed by atoms with Crippen molar-refractivity contribution in [2.24, 2.45) is 0 Å². The monoisotopic (exact) mass is 374 g/mol. The molecule has 1 fully saturated rings. The van der Waals surface area contributed by atoms with Crippen molar-refractivity contribution in [1.82, 2.24) is 0 Å². The van der Waals surface area contributed by atoms with Gasteiger partial charge in [0.15, 0.2) is 11.6 Å². The van der Waals surface area contributed by atoms with E-state index in [1.54, 1.807) is 25.1 Å². The molecule has 2 aromatic carbocycles. The summed E-state index contributed by atoms with van der Waals surface area (Å²) >= 11 is 0. The number of unbranched alkanes of at least 4 members (excludes halogenated alkanes) is 1. The highest BCUT2D eigenvalue weighted by Gasteiger charge is 2.35. The van der Waals surface area contributed by atoms with E-state index >= 15 is 0 Å². The topological polar surface area (TPSA) is 9.23 Å². The van der Waals surface area contributed by atoms with E-state index in [1.165, 1.54) is 0 Å². The van der Waals surface area contributed by atoms with Crippen molar-refractivity contribution < 1.29 is 17.9 Å². The molecule has 1 saturated carbocycles. The summed E-state index contributed by atoms with van der Waals surface area (Å²) in [6.45, 7) is 4.54. The van der Waals surface area contributed by atoms with Crippen molar-refractivity contribution in [3.8, 4) is 22.3 Å². The molecule has 0 radical (unpaired) electrons. The van der Waals surface area contributed by atoms with E-state index in [4.69, 9.17) is 4.74 Å². The molecule has 0 heterocycles. The molecule has 4 rings (SSSR count). The minimum absolute atomic E-state index is 0.00447. The van der Waals surface area contributed by atoms with Gasteiger partial charge in [0.25, 0.3) is 0 Å². The van der Waals surface area contributed by atoms with Crippen LogP contribution in [0.5, 0.6) is 0 Å². The molecule has 2 aromatic rings. The van der Waals surface area contributed by atoms with Gasteiger partial charge in [0.05, 0.1) is 6.10 Å². The lowest BCUT2D eigenvalue weighted by Crippen LogP contribution is -2.22. The van der Waals surface area contributed by atoms with Crippen LogP contribution in [-0.4, -0.2) is 12.7 Å². The number of fused-ring (bicyclic) bond motifs is 4. The Bertz CT molecular complexity index is 867. The Kier molecular flexibility index (Phi) is 5.02. The van der Waals surface area contributed by atoms with E-state index in [9.17, 15) is 13.2 Å². The van der Waals surface area contributed by atoms with Crippen LogP contribution in [0.1, 0.15) is 62.5 Å². The van der Waals surface area contributed by atoms with E-state index in [0.717, 1.165) is 45.1 Å². The summed E-state index contributed by atoms with van der Waals surface area (Å²) < 4.78 is 49.8. The van der Waals surface area contributed by atoms with Crippen LogP contribution in [0, 0.1) is 24.4 Å². The van der Waals surface area contributed by atoms with E-state index in [2.05, 4.69) is 6.92 Å². The summed E-state index contributed by atoms with van der Waals surface area (Å²) in [7, 11) is 0. The third-order valence-electron chi connectivity index (χ3n) is 6.08. The summed E-state index contributed by atoms with van der Waals surface area (Å²) in [4.78, 5) is 0. The van der Waals surface area contributed by atoms with Gasteiger partial charge in [-0.25, -0.2) is 13.2 Å². The average Bonchev–Trinajstić information content (AvgIpc) is 2.65. The Morgan fingerprint density at radius 1 is 0.926 bits per heavy atom. The first-order chi connectivity index (χ1) is 13.0. The molecule has 0 atom stereocenters. The number of hydrogen-bond donors (Lipinski definition) is 0. The van der Waals surface area contributed by atoms with Crippen molar-refractivity contribution in [3.05, 3.63) is 46.8 Å². The summed E-state index contributed by atoms with van der Waals surface area (Å²) in [5, 5.41) is 0. The summed E-state index contributed by atoms with van der Waals surface area (Å²) in [6.07, 6.45) is 5.72. The molecule has 0 bridgehead atoms. The Hall–Kier alpha value is -1.81. The SMILES string of the molecule is CCCCOC1CCC(c2cc3c(c(F)c2F)-c2c-3ccc(C)c2F)CC1. The highest BCUT2D eigenvalue weighted by Crippen LogP contribution is 2.52. The largest absolute Gasteiger partial charge is 0.378 e. The van der Waals surface area contributed by atoms with Crippen LogP contribution in [-0.2, 0) is 4.74 Å². The second-order valence-corrected chi connectivity index (χ2v) is 7.83. The molecule has 0 aromatic heterocycles.